The van der Waals surface area contributed by atoms with Crippen LogP contribution in [0.15, 0.2) is 76.7 Å². The highest BCUT2D eigenvalue weighted by atomic mass is 32.2. The zero-order chi connectivity index (χ0) is 23.3. The number of anilines is 2. The van der Waals surface area contributed by atoms with Crippen LogP contribution in [0.4, 0.5) is 17.1 Å². The highest BCUT2D eigenvalue weighted by Gasteiger charge is 2.24. The van der Waals surface area contributed by atoms with E-state index in [0.29, 0.717) is 5.56 Å². The predicted octanol–water partition coefficient (Wildman–Crippen LogP) is 3.25. The molecule has 3 rings (SSSR count). The lowest BCUT2D eigenvalue weighted by atomic mass is 10.2. The van der Waals surface area contributed by atoms with Crippen molar-refractivity contribution in [1.82, 2.24) is 0 Å². The molecule has 0 aromatic heterocycles. The van der Waals surface area contributed by atoms with Crippen LogP contribution >= 0.6 is 0 Å². The second kappa shape index (κ2) is 9.14. The molecular formula is C20H16N4O7S. The molecule has 0 bridgehead atoms. The highest BCUT2D eigenvalue weighted by molar-refractivity contribution is 7.93. The van der Waals surface area contributed by atoms with Crippen molar-refractivity contribution in [1.29, 1.82) is 0 Å². The van der Waals surface area contributed by atoms with Gasteiger partial charge in [0.15, 0.2) is 0 Å². The number of hydrogen-bond acceptors (Lipinski definition) is 8. The molecule has 0 saturated heterocycles. The van der Waals surface area contributed by atoms with Gasteiger partial charge in [0, 0.05) is 17.7 Å². The Bertz CT molecular complexity index is 1320. The maximum atomic E-state index is 13.0. The summed E-state index contributed by atoms with van der Waals surface area (Å²) in [5, 5.41) is 34.1. The number of rotatable bonds is 8. The van der Waals surface area contributed by atoms with Crippen LogP contribution in [0.1, 0.15) is 15.9 Å². The van der Waals surface area contributed by atoms with E-state index in [4.69, 9.17) is 0 Å². The molecule has 0 amide bonds. The molecule has 0 aliphatic rings. The van der Waals surface area contributed by atoms with Crippen molar-refractivity contribution < 1.29 is 28.3 Å². The quantitative estimate of drug-likeness (QED) is 0.227. The summed E-state index contributed by atoms with van der Waals surface area (Å²) in [4.78, 5) is 21.3. The lowest BCUT2D eigenvalue weighted by Crippen LogP contribution is -2.17. The Kier molecular flexibility index (Phi) is 6.35. The van der Waals surface area contributed by atoms with Crippen LogP contribution in [0.25, 0.3) is 0 Å². The maximum Gasteiger partial charge on any atom is 0.337 e. The van der Waals surface area contributed by atoms with Crippen molar-refractivity contribution in [3.05, 3.63) is 88.0 Å². The Balaban J connectivity index is 2.00. The number of aromatic carboxylic acids is 1. The summed E-state index contributed by atoms with van der Waals surface area (Å²) in [6.45, 7) is 0. The number of phenolic OH excluding ortho intramolecular Hbond substituents is 1. The van der Waals surface area contributed by atoms with E-state index in [1.807, 2.05) is 0 Å². The number of hydrazone groups is 1. The van der Waals surface area contributed by atoms with Crippen LogP contribution in [-0.2, 0) is 10.0 Å². The van der Waals surface area contributed by atoms with E-state index in [1.165, 1.54) is 36.5 Å². The van der Waals surface area contributed by atoms with Gasteiger partial charge in [0.1, 0.15) is 10.6 Å². The summed E-state index contributed by atoms with van der Waals surface area (Å²) < 4.78 is 28.1. The van der Waals surface area contributed by atoms with Gasteiger partial charge in [-0.25, -0.2) is 13.2 Å². The Hall–Kier alpha value is -4.45. The number of nitrogens with zero attached hydrogens (tertiary/aromatic N) is 2. The van der Waals surface area contributed by atoms with E-state index in [1.54, 1.807) is 18.2 Å². The van der Waals surface area contributed by atoms with Crippen molar-refractivity contribution in [2.75, 3.05) is 10.1 Å². The van der Waals surface area contributed by atoms with Crippen molar-refractivity contribution in [3.63, 3.8) is 0 Å². The van der Waals surface area contributed by atoms with Crippen molar-refractivity contribution in [2.45, 2.75) is 4.90 Å². The molecule has 0 aliphatic heterocycles. The summed E-state index contributed by atoms with van der Waals surface area (Å²) >= 11 is 0. The molecule has 11 nitrogen and oxygen atoms in total. The molecule has 0 radical (unpaired) electrons. The number of nitro groups is 1. The Morgan fingerprint density at radius 3 is 2.41 bits per heavy atom. The fraction of sp³-hybridized carbons (Fsp3) is 0. The van der Waals surface area contributed by atoms with Crippen LogP contribution in [0.5, 0.6) is 5.75 Å². The van der Waals surface area contributed by atoms with Crippen molar-refractivity contribution in [3.8, 4) is 5.75 Å². The van der Waals surface area contributed by atoms with E-state index in [-0.39, 0.29) is 22.7 Å². The average molecular weight is 456 g/mol. The van der Waals surface area contributed by atoms with Crippen LogP contribution in [0.3, 0.4) is 0 Å². The number of nitro benzene ring substituents is 1. The lowest BCUT2D eigenvalue weighted by molar-refractivity contribution is -0.385. The van der Waals surface area contributed by atoms with E-state index in [2.05, 4.69) is 15.2 Å². The number of para-hydroxylation sites is 2. The molecule has 12 heteroatoms. The number of phenols is 1. The number of aromatic hydroxyl groups is 1. The summed E-state index contributed by atoms with van der Waals surface area (Å²) in [5.74, 6) is -1.41. The minimum absolute atomic E-state index is 0.0541. The highest BCUT2D eigenvalue weighted by Crippen LogP contribution is 2.29. The first kappa shape index (κ1) is 22.2. The first-order valence-electron chi connectivity index (χ1n) is 8.89. The van der Waals surface area contributed by atoms with Crippen LogP contribution in [-0.4, -0.2) is 35.7 Å². The minimum Gasteiger partial charge on any atom is -0.507 e. The number of non-ortho nitro benzene ring substituents is 1. The second-order valence-electron chi connectivity index (χ2n) is 6.32. The molecule has 0 spiro atoms. The maximum absolute atomic E-state index is 13.0. The van der Waals surface area contributed by atoms with Gasteiger partial charge in [0.05, 0.1) is 28.1 Å². The standard InChI is InChI=1S/C20H16N4O7S/c25-18-8-4-1-5-13(18)12-21-22-17-10-9-14(24(28)29)11-19(17)32(30,31)23-16-7-3-2-6-15(16)20(26)27/h1-12,22-23,25H,(H,26,27). The summed E-state index contributed by atoms with van der Waals surface area (Å²) in [5.41, 5.74) is 1.72. The normalized spacial score (nSPS) is 11.2. The molecule has 164 valence electrons. The van der Waals surface area contributed by atoms with E-state index in [0.717, 1.165) is 18.2 Å². The van der Waals surface area contributed by atoms with Gasteiger partial charge in [-0.1, -0.05) is 24.3 Å². The monoisotopic (exact) mass is 456 g/mol. The molecule has 32 heavy (non-hydrogen) atoms. The number of benzene rings is 3. The summed E-state index contributed by atoms with van der Waals surface area (Å²) in [6, 6.07) is 14.7. The van der Waals surface area contributed by atoms with Crippen molar-refractivity contribution >= 4 is 39.3 Å². The third-order valence-electron chi connectivity index (χ3n) is 4.19. The first-order valence-corrected chi connectivity index (χ1v) is 10.4. The number of hydrogen-bond donors (Lipinski definition) is 4. The third kappa shape index (κ3) is 4.99. The molecular weight excluding hydrogens is 440 g/mol. The summed E-state index contributed by atoms with van der Waals surface area (Å²) in [6.07, 6.45) is 1.24. The van der Waals surface area contributed by atoms with Crippen LogP contribution in [0.2, 0.25) is 0 Å². The zero-order valence-corrected chi connectivity index (χ0v) is 17.0. The summed E-state index contributed by atoms with van der Waals surface area (Å²) in [7, 11) is -4.46. The molecule has 0 fully saturated rings. The van der Waals surface area contributed by atoms with Gasteiger partial charge in [-0.15, -0.1) is 0 Å². The van der Waals surface area contributed by atoms with Gasteiger partial charge in [-0.2, -0.15) is 5.10 Å². The number of carboxylic acids is 1. The molecule has 4 N–H and O–H groups in total. The van der Waals surface area contributed by atoms with Gasteiger partial charge >= 0.3 is 5.97 Å². The fourth-order valence-corrected chi connectivity index (χ4v) is 3.92. The molecule has 3 aromatic rings. The van der Waals surface area contributed by atoms with Gasteiger partial charge in [-0.05, 0) is 30.3 Å². The van der Waals surface area contributed by atoms with Crippen molar-refractivity contribution in [2.24, 2.45) is 5.10 Å². The molecule has 3 aromatic carbocycles. The van der Waals surface area contributed by atoms with Gasteiger partial charge in [-0.3, -0.25) is 20.3 Å². The van der Waals surface area contributed by atoms with Gasteiger partial charge < -0.3 is 10.2 Å². The average Bonchev–Trinajstić information content (AvgIpc) is 2.75. The Morgan fingerprint density at radius 1 is 1.03 bits per heavy atom. The first-order chi connectivity index (χ1) is 15.2. The molecule has 0 unspecified atom stereocenters. The molecule has 0 aliphatic carbocycles. The second-order valence-corrected chi connectivity index (χ2v) is 7.97. The smallest absolute Gasteiger partial charge is 0.337 e. The lowest BCUT2D eigenvalue weighted by Gasteiger charge is -2.13. The van der Waals surface area contributed by atoms with Gasteiger partial charge in [0.2, 0.25) is 0 Å². The number of sulfonamides is 1. The third-order valence-corrected chi connectivity index (χ3v) is 5.60. The minimum atomic E-state index is -4.46. The largest absolute Gasteiger partial charge is 0.507 e. The fourth-order valence-electron chi connectivity index (χ4n) is 2.67. The molecule has 0 heterocycles. The van der Waals surface area contributed by atoms with E-state index in [9.17, 15) is 33.5 Å². The van der Waals surface area contributed by atoms with Crippen LogP contribution in [0, 0.1) is 10.1 Å². The Morgan fingerprint density at radius 2 is 1.72 bits per heavy atom. The van der Waals surface area contributed by atoms with E-state index >= 15 is 0 Å². The molecule has 0 saturated carbocycles. The molecule has 0 atom stereocenters. The predicted molar refractivity (Wildman–Crippen MR) is 117 cm³/mol. The van der Waals surface area contributed by atoms with E-state index < -0.39 is 31.5 Å². The van der Waals surface area contributed by atoms with Crippen LogP contribution < -0.4 is 10.1 Å². The zero-order valence-electron chi connectivity index (χ0n) is 16.2. The topological polar surface area (TPSA) is 171 Å². The SMILES string of the molecule is O=C(O)c1ccccc1NS(=O)(=O)c1cc([N+](=O)[O-])ccc1NN=Cc1ccccc1O. The number of carbonyl (C=O) groups is 1. The van der Waals surface area contributed by atoms with Gasteiger partial charge in [0.25, 0.3) is 15.7 Å². The number of nitrogens with one attached hydrogen (secondary N) is 2. The number of carboxylic acid groups (broad SMARTS) is 1. The Labute approximate surface area is 181 Å².